The van der Waals surface area contributed by atoms with Crippen LogP contribution in [0.4, 0.5) is 0 Å². The molecule has 0 spiro atoms. The van der Waals surface area contributed by atoms with Crippen LogP contribution in [0.3, 0.4) is 0 Å². The molecule has 1 aliphatic carbocycles. The van der Waals surface area contributed by atoms with E-state index in [-0.39, 0.29) is 12.5 Å². The first kappa shape index (κ1) is 12.4. The van der Waals surface area contributed by atoms with Gasteiger partial charge in [0.1, 0.15) is 6.61 Å². The number of nitrogens with one attached hydrogen (secondary N) is 1. The molecule has 1 unspecified atom stereocenters. The van der Waals surface area contributed by atoms with Crippen molar-refractivity contribution in [3.63, 3.8) is 0 Å². The zero-order chi connectivity index (χ0) is 11.1. The average molecular weight is 217 g/mol. The van der Waals surface area contributed by atoms with E-state index in [0.29, 0.717) is 25.7 Å². The van der Waals surface area contributed by atoms with Crippen molar-refractivity contribution in [2.75, 3.05) is 33.5 Å². The standard InChI is InChI=1S/C10H19NO4/c1-14-4-5-15-7-10(13)11-6-9(12)8-2-3-8/h8-9,12H,2-7H2,1H3,(H,11,13). The van der Waals surface area contributed by atoms with Crippen molar-refractivity contribution in [1.29, 1.82) is 0 Å². The fourth-order valence-corrected chi connectivity index (χ4v) is 1.22. The number of carbonyl (C=O) groups is 1. The molecule has 1 amide bonds. The Labute approximate surface area is 89.8 Å². The van der Waals surface area contributed by atoms with Crippen LogP contribution in [0.2, 0.25) is 0 Å². The van der Waals surface area contributed by atoms with Gasteiger partial charge in [0.25, 0.3) is 0 Å². The number of rotatable bonds is 8. The highest BCUT2D eigenvalue weighted by atomic mass is 16.5. The largest absolute Gasteiger partial charge is 0.391 e. The maximum atomic E-state index is 11.2. The maximum Gasteiger partial charge on any atom is 0.246 e. The topological polar surface area (TPSA) is 67.8 Å². The van der Waals surface area contributed by atoms with Crippen LogP contribution in [0.25, 0.3) is 0 Å². The maximum absolute atomic E-state index is 11.2. The van der Waals surface area contributed by atoms with Crippen molar-refractivity contribution >= 4 is 5.91 Å². The molecule has 15 heavy (non-hydrogen) atoms. The molecule has 0 heterocycles. The molecule has 1 aliphatic rings. The van der Waals surface area contributed by atoms with Gasteiger partial charge in [0, 0.05) is 13.7 Å². The van der Waals surface area contributed by atoms with Crippen molar-refractivity contribution in [3.8, 4) is 0 Å². The fourth-order valence-electron chi connectivity index (χ4n) is 1.22. The summed E-state index contributed by atoms with van der Waals surface area (Å²) < 4.78 is 9.79. The smallest absolute Gasteiger partial charge is 0.246 e. The summed E-state index contributed by atoms with van der Waals surface area (Å²) >= 11 is 0. The summed E-state index contributed by atoms with van der Waals surface area (Å²) in [5.41, 5.74) is 0. The van der Waals surface area contributed by atoms with Crippen molar-refractivity contribution in [2.24, 2.45) is 5.92 Å². The molecule has 0 aliphatic heterocycles. The molecule has 0 saturated heterocycles. The number of hydrogen-bond donors (Lipinski definition) is 2. The van der Waals surface area contributed by atoms with E-state index in [1.54, 1.807) is 7.11 Å². The quantitative estimate of drug-likeness (QED) is 0.540. The van der Waals surface area contributed by atoms with Crippen LogP contribution in [-0.2, 0) is 14.3 Å². The van der Waals surface area contributed by atoms with E-state index in [1.807, 2.05) is 0 Å². The first-order chi connectivity index (χ1) is 7.24. The average Bonchev–Trinajstić information content (AvgIpc) is 3.04. The van der Waals surface area contributed by atoms with E-state index in [1.165, 1.54) is 0 Å². The Morgan fingerprint density at radius 2 is 2.27 bits per heavy atom. The Morgan fingerprint density at radius 3 is 2.87 bits per heavy atom. The van der Waals surface area contributed by atoms with E-state index in [0.717, 1.165) is 12.8 Å². The van der Waals surface area contributed by atoms with Gasteiger partial charge in [0.15, 0.2) is 0 Å². The van der Waals surface area contributed by atoms with E-state index in [9.17, 15) is 9.90 Å². The lowest BCUT2D eigenvalue weighted by molar-refractivity contribution is -0.126. The normalized spacial score (nSPS) is 17.5. The molecule has 0 bridgehead atoms. The van der Waals surface area contributed by atoms with Crippen LogP contribution in [0.1, 0.15) is 12.8 Å². The summed E-state index contributed by atoms with van der Waals surface area (Å²) in [6.07, 6.45) is 1.75. The summed E-state index contributed by atoms with van der Waals surface area (Å²) in [5, 5.41) is 12.1. The van der Waals surface area contributed by atoms with Gasteiger partial charge in [-0.25, -0.2) is 0 Å². The van der Waals surface area contributed by atoms with Crippen molar-refractivity contribution in [2.45, 2.75) is 18.9 Å². The molecular formula is C10H19NO4. The predicted molar refractivity (Wildman–Crippen MR) is 54.4 cm³/mol. The van der Waals surface area contributed by atoms with Crippen molar-refractivity contribution in [3.05, 3.63) is 0 Å². The highest BCUT2D eigenvalue weighted by Crippen LogP contribution is 2.32. The number of aliphatic hydroxyl groups excluding tert-OH is 1. The third kappa shape index (κ3) is 5.71. The Hall–Kier alpha value is -0.650. The molecule has 0 aromatic carbocycles. The second kappa shape index (κ2) is 6.76. The minimum Gasteiger partial charge on any atom is -0.391 e. The zero-order valence-electron chi connectivity index (χ0n) is 9.07. The summed E-state index contributed by atoms with van der Waals surface area (Å²) in [5.74, 6) is 0.200. The SMILES string of the molecule is COCCOCC(=O)NCC(O)C1CC1. The Balaban J connectivity index is 1.93. The predicted octanol–water partition coefficient (Wildman–Crippen LogP) is -0.463. The van der Waals surface area contributed by atoms with Gasteiger partial charge < -0.3 is 19.9 Å². The van der Waals surface area contributed by atoms with Gasteiger partial charge in [-0.3, -0.25) is 4.79 Å². The van der Waals surface area contributed by atoms with Crippen LogP contribution in [-0.4, -0.2) is 50.6 Å². The number of carbonyl (C=O) groups excluding carboxylic acids is 1. The Kier molecular flexibility index (Phi) is 5.60. The highest BCUT2D eigenvalue weighted by Gasteiger charge is 2.29. The van der Waals surface area contributed by atoms with Crippen molar-refractivity contribution < 1.29 is 19.4 Å². The lowest BCUT2D eigenvalue weighted by Gasteiger charge is -2.10. The third-order valence-corrected chi connectivity index (χ3v) is 2.34. The molecule has 0 radical (unpaired) electrons. The van der Waals surface area contributed by atoms with Gasteiger partial charge in [-0.15, -0.1) is 0 Å². The minimum atomic E-state index is -0.395. The van der Waals surface area contributed by atoms with Crippen LogP contribution >= 0.6 is 0 Å². The molecule has 1 rings (SSSR count). The van der Waals surface area contributed by atoms with Gasteiger partial charge >= 0.3 is 0 Å². The lowest BCUT2D eigenvalue weighted by Crippen LogP contribution is -2.35. The van der Waals surface area contributed by atoms with Crippen molar-refractivity contribution in [1.82, 2.24) is 5.32 Å². The summed E-state index contributed by atoms with van der Waals surface area (Å²) in [7, 11) is 1.58. The van der Waals surface area contributed by atoms with Crippen LogP contribution in [0.15, 0.2) is 0 Å². The molecular weight excluding hydrogens is 198 g/mol. The second-order valence-electron chi connectivity index (χ2n) is 3.75. The fraction of sp³-hybridized carbons (Fsp3) is 0.900. The van der Waals surface area contributed by atoms with Crippen LogP contribution in [0.5, 0.6) is 0 Å². The minimum absolute atomic E-state index is 0.0285. The number of methoxy groups -OCH3 is 1. The summed E-state index contributed by atoms with van der Waals surface area (Å²) in [4.78, 5) is 11.2. The Morgan fingerprint density at radius 1 is 1.53 bits per heavy atom. The third-order valence-electron chi connectivity index (χ3n) is 2.34. The van der Waals surface area contributed by atoms with E-state index < -0.39 is 6.10 Å². The Bertz CT molecular complexity index is 194. The molecule has 88 valence electrons. The van der Waals surface area contributed by atoms with E-state index >= 15 is 0 Å². The zero-order valence-corrected chi connectivity index (χ0v) is 9.07. The lowest BCUT2D eigenvalue weighted by atomic mass is 10.2. The summed E-state index contributed by atoms with van der Waals surface area (Å²) in [6.45, 7) is 1.25. The first-order valence-electron chi connectivity index (χ1n) is 5.25. The van der Waals surface area contributed by atoms with E-state index in [4.69, 9.17) is 9.47 Å². The molecule has 1 saturated carbocycles. The van der Waals surface area contributed by atoms with Gasteiger partial charge in [-0.2, -0.15) is 0 Å². The van der Waals surface area contributed by atoms with Gasteiger partial charge in [0.2, 0.25) is 5.91 Å². The number of hydrogen-bond acceptors (Lipinski definition) is 4. The monoisotopic (exact) mass is 217 g/mol. The second-order valence-corrected chi connectivity index (χ2v) is 3.75. The van der Waals surface area contributed by atoms with Gasteiger partial charge in [-0.05, 0) is 18.8 Å². The molecule has 2 N–H and O–H groups in total. The molecule has 1 fully saturated rings. The van der Waals surface area contributed by atoms with Crippen LogP contribution in [0, 0.1) is 5.92 Å². The summed E-state index contributed by atoms with van der Waals surface area (Å²) in [6, 6.07) is 0. The highest BCUT2D eigenvalue weighted by molar-refractivity contribution is 5.77. The first-order valence-corrected chi connectivity index (χ1v) is 5.25. The van der Waals surface area contributed by atoms with Gasteiger partial charge in [0.05, 0.1) is 19.3 Å². The molecule has 5 nitrogen and oxygen atoms in total. The number of aliphatic hydroxyl groups is 1. The molecule has 5 heteroatoms. The van der Waals surface area contributed by atoms with Crippen LogP contribution < -0.4 is 5.32 Å². The van der Waals surface area contributed by atoms with E-state index in [2.05, 4.69) is 5.32 Å². The molecule has 1 atom stereocenters. The molecule has 0 aromatic heterocycles. The van der Waals surface area contributed by atoms with Gasteiger partial charge in [-0.1, -0.05) is 0 Å². The number of ether oxygens (including phenoxy) is 2. The number of amides is 1. The molecule has 0 aromatic rings.